The number of hydrogen-bond acceptors (Lipinski definition) is 3. The van der Waals surface area contributed by atoms with E-state index in [-0.39, 0.29) is 21.6 Å². The number of halogens is 3. The molecule has 0 bridgehead atoms. The number of nitrogens with one attached hydrogen (secondary N) is 3. The smallest absolute Gasteiger partial charge is 0.265 e. The maximum atomic E-state index is 13.2. The number of H-pyrrole nitrogens is 2. The minimum absolute atomic E-state index is 0.0456. The highest BCUT2D eigenvalue weighted by atomic mass is 35.5. The van der Waals surface area contributed by atoms with Crippen molar-refractivity contribution in [2.45, 2.75) is 10.8 Å². The van der Waals surface area contributed by atoms with Crippen LogP contribution in [0.2, 0.25) is 15.1 Å². The number of fused-ring (bicyclic) bond motifs is 2. The lowest BCUT2D eigenvalue weighted by molar-refractivity contribution is 0.403. The number of ether oxygens (including phenoxy) is 1. The molecule has 0 aliphatic rings. The highest BCUT2D eigenvalue weighted by Gasteiger charge is 2.25. The molecule has 6 nitrogen and oxygen atoms in total. The molecular weight excluding hydrogens is 589 g/mol. The van der Waals surface area contributed by atoms with Crippen molar-refractivity contribution in [3.8, 4) is 5.75 Å². The van der Waals surface area contributed by atoms with Crippen LogP contribution in [0.4, 0.5) is 5.69 Å². The van der Waals surface area contributed by atoms with Crippen LogP contribution in [0.3, 0.4) is 0 Å². The third-order valence-corrected chi connectivity index (χ3v) is 8.99. The van der Waals surface area contributed by atoms with E-state index in [1.807, 2.05) is 60.9 Å². The predicted octanol–water partition coefficient (Wildman–Crippen LogP) is 8.60. The molecule has 0 unspecified atom stereocenters. The van der Waals surface area contributed by atoms with Crippen LogP contribution < -0.4 is 9.46 Å². The summed E-state index contributed by atoms with van der Waals surface area (Å²) in [5.74, 6) is -0.0114. The molecule has 3 N–H and O–H groups in total. The molecule has 0 radical (unpaired) electrons. The van der Waals surface area contributed by atoms with Gasteiger partial charge in [0.1, 0.15) is 10.6 Å². The normalized spacial score (nSPS) is 11.9. The maximum absolute atomic E-state index is 13.2. The minimum atomic E-state index is -3.96. The van der Waals surface area contributed by atoms with Crippen LogP contribution in [-0.4, -0.2) is 25.5 Å². The molecule has 0 aliphatic carbocycles. The molecule has 6 rings (SSSR count). The number of methoxy groups -OCH3 is 1. The monoisotopic (exact) mass is 609 g/mol. The van der Waals surface area contributed by atoms with Crippen molar-refractivity contribution in [1.29, 1.82) is 0 Å². The van der Waals surface area contributed by atoms with Gasteiger partial charge in [-0.05, 0) is 83.4 Å². The molecule has 0 saturated heterocycles. The zero-order valence-corrected chi connectivity index (χ0v) is 24.1. The number of sulfonamides is 1. The fourth-order valence-corrected chi connectivity index (χ4v) is 6.88. The largest absolute Gasteiger partial charge is 0.495 e. The summed E-state index contributed by atoms with van der Waals surface area (Å²) in [5.41, 5.74) is 5.31. The Morgan fingerprint density at radius 1 is 0.725 bits per heavy atom. The summed E-state index contributed by atoms with van der Waals surface area (Å²) in [6, 6.07) is 23.2. The van der Waals surface area contributed by atoms with Gasteiger partial charge in [0.15, 0.2) is 0 Å². The first-order chi connectivity index (χ1) is 19.2. The van der Waals surface area contributed by atoms with Gasteiger partial charge in [-0.2, -0.15) is 0 Å². The molecule has 6 aromatic rings. The van der Waals surface area contributed by atoms with Crippen LogP contribution in [0.1, 0.15) is 22.6 Å². The predicted molar refractivity (Wildman–Crippen MR) is 163 cm³/mol. The van der Waals surface area contributed by atoms with Gasteiger partial charge in [0, 0.05) is 60.9 Å². The molecular formula is C30H22Cl3N3O3S. The summed E-state index contributed by atoms with van der Waals surface area (Å²) in [6.45, 7) is 0. The summed E-state index contributed by atoms with van der Waals surface area (Å²) < 4.78 is 34.3. The van der Waals surface area contributed by atoms with Crippen molar-refractivity contribution in [2.24, 2.45) is 0 Å². The number of rotatable bonds is 7. The third kappa shape index (κ3) is 4.90. The van der Waals surface area contributed by atoms with Crippen LogP contribution in [0.15, 0.2) is 96.2 Å². The summed E-state index contributed by atoms with van der Waals surface area (Å²) in [6.07, 6.45) is 3.97. The average molecular weight is 611 g/mol. The van der Waals surface area contributed by atoms with Gasteiger partial charge >= 0.3 is 0 Å². The van der Waals surface area contributed by atoms with Crippen molar-refractivity contribution in [2.75, 3.05) is 11.8 Å². The van der Waals surface area contributed by atoms with Crippen molar-refractivity contribution in [3.63, 3.8) is 0 Å². The molecule has 202 valence electrons. The first-order valence-electron chi connectivity index (χ1n) is 12.2. The van der Waals surface area contributed by atoms with E-state index in [0.29, 0.717) is 15.7 Å². The number of aromatic nitrogens is 2. The first kappa shape index (κ1) is 26.6. The number of hydrogen-bond donors (Lipinski definition) is 3. The van der Waals surface area contributed by atoms with Crippen LogP contribution >= 0.6 is 34.8 Å². The SMILES string of the molecule is COc1ccc(Cl)cc1S(=O)(=O)Nc1ccc(C(c2c[nH]c3ccc(Cl)cc23)c2c[nH]c3ccc(Cl)cc23)cc1. The van der Waals surface area contributed by atoms with Crippen LogP contribution in [-0.2, 0) is 10.0 Å². The highest BCUT2D eigenvalue weighted by molar-refractivity contribution is 7.92. The summed E-state index contributed by atoms with van der Waals surface area (Å²) >= 11 is 18.8. The fourth-order valence-electron chi connectivity index (χ4n) is 5.05. The zero-order chi connectivity index (χ0) is 28.0. The first-order valence-corrected chi connectivity index (χ1v) is 14.8. The molecule has 0 saturated carbocycles. The van der Waals surface area contributed by atoms with Crippen LogP contribution in [0, 0.1) is 0 Å². The fraction of sp³-hybridized carbons (Fsp3) is 0.0667. The second-order valence-electron chi connectivity index (χ2n) is 9.32. The van der Waals surface area contributed by atoms with E-state index in [1.54, 1.807) is 18.2 Å². The molecule has 2 heterocycles. The Morgan fingerprint density at radius 2 is 1.25 bits per heavy atom. The summed E-state index contributed by atoms with van der Waals surface area (Å²) in [5, 5.41) is 3.54. The van der Waals surface area contributed by atoms with Gasteiger partial charge in [0.2, 0.25) is 0 Å². The molecule has 0 spiro atoms. The van der Waals surface area contributed by atoms with Crippen molar-refractivity contribution in [1.82, 2.24) is 9.97 Å². The summed E-state index contributed by atoms with van der Waals surface area (Å²) in [7, 11) is -2.55. The van der Waals surface area contributed by atoms with Gasteiger partial charge < -0.3 is 14.7 Å². The van der Waals surface area contributed by atoms with Crippen LogP contribution in [0.5, 0.6) is 5.75 Å². The number of anilines is 1. The van der Waals surface area contributed by atoms with Crippen molar-refractivity contribution in [3.05, 3.63) is 123 Å². The summed E-state index contributed by atoms with van der Waals surface area (Å²) in [4.78, 5) is 6.66. The molecule has 10 heteroatoms. The molecule has 0 fully saturated rings. The standard InChI is InChI=1S/C30H22Cl3N3O3S/c1-39-28-11-6-20(33)14-29(28)40(37,38)36-21-7-2-17(3-8-21)30(24-15-34-26-9-4-18(31)12-22(24)26)25-16-35-27-10-5-19(32)13-23(25)27/h2-16,30,34-36H,1H3. The molecule has 0 amide bonds. The van der Waals surface area contributed by atoms with Gasteiger partial charge in [0.05, 0.1) is 7.11 Å². The van der Waals surface area contributed by atoms with Gasteiger partial charge in [-0.1, -0.05) is 46.9 Å². The van der Waals surface area contributed by atoms with E-state index < -0.39 is 10.0 Å². The zero-order valence-electron chi connectivity index (χ0n) is 21.0. The second-order valence-corrected chi connectivity index (χ2v) is 12.3. The number of benzene rings is 4. The Kier molecular flexibility index (Phi) is 6.92. The molecule has 4 aromatic carbocycles. The van der Waals surface area contributed by atoms with Crippen molar-refractivity contribution < 1.29 is 13.2 Å². The quantitative estimate of drug-likeness (QED) is 0.169. The lowest BCUT2D eigenvalue weighted by Gasteiger charge is -2.18. The third-order valence-electron chi connectivity index (χ3n) is 6.89. The van der Waals surface area contributed by atoms with E-state index in [9.17, 15) is 8.42 Å². The van der Waals surface area contributed by atoms with E-state index in [1.165, 1.54) is 19.2 Å². The van der Waals surface area contributed by atoms with E-state index in [0.717, 1.165) is 38.5 Å². The maximum Gasteiger partial charge on any atom is 0.265 e. The molecule has 2 aromatic heterocycles. The topological polar surface area (TPSA) is 87.0 Å². The minimum Gasteiger partial charge on any atom is -0.495 e. The van der Waals surface area contributed by atoms with E-state index in [4.69, 9.17) is 39.5 Å². The Labute approximate surface area is 245 Å². The Morgan fingerprint density at radius 3 is 1.80 bits per heavy atom. The van der Waals surface area contributed by atoms with E-state index >= 15 is 0 Å². The lowest BCUT2D eigenvalue weighted by Crippen LogP contribution is -2.14. The molecule has 40 heavy (non-hydrogen) atoms. The molecule has 0 atom stereocenters. The van der Waals surface area contributed by atoms with Gasteiger partial charge in [0.25, 0.3) is 10.0 Å². The Hall–Kier alpha value is -3.62. The molecule has 0 aliphatic heterocycles. The second kappa shape index (κ2) is 10.4. The lowest BCUT2D eigenvalue weighted by atomic mass is 9.84. The number of aromatic amines is 2. The highest BCUT2D eigenvalue weighted by Crippen LogP contribution is 2.41. The van der Waals surface area contributed by atoms with Gasteiger partial charge in [-0.25, -0.2) is 8.42 Å². The van der Waals surface area contributed by atoms with Gasteiger partial charge in [-0.3, -0.25) is 4.72 Å². The Balaban J connectivity index is 1.44. The average Bonchev–Trinajstić information content (AvgIpc) is 3.54. The van der Waals surface area contributed by atoms with Gasteiger partial charge in [-0.15, -0.1) is 0 Å². The van der Waals surface area contributed by atoms with E-state index in [2.05, 4.69) is 14.7 Å². The Bertz CT molecular complexity index is 1900. The van der Waals surface area contributed by atoms with Crippen molar-refractivity contribution >= 4 is 72.3 Å². The van der Waals surface area contributed by atoms with Crippen LogP contribution in [0.25, 0.3) is 21.8 Å².